The maximum Gasteiger partial charge on any atom is 0.117 e. The highest BCUT2D eigenvalue weighted by Gasteiger charge is 2.00. The molecule has 0 atom stereocenters. The van der Waals surface area contributed by atoms with Crippen LogP contribution in [0.3, 0.4) is 0 Å². The van der Waals surface area contributed by atoms with Gasteiger partial charge in [-0.05, 0) is 28.5 Å². The van der Waals surface area contributed by atoms with Crippen molar-refractivity contribution in [3.8, 4) is 0 Å². The molecule has 2 heteroatoms. The van der Waals surface area contributed by atoms with Crippen molar-refractivity contribution in [1.29, 1.82) is 0 Å². The van der Waals surface area contributed by atoms with E-state index in [0.717, 1.165) is 18.8 Å². The third-order valence-electron chi connectivity index (χ3n) is 3.07. The van der Waals surface area contributed by atoms with Crippen molar-refractivity contribution in [2.24, 2.45) is 0 Å². The molecular formula is C16H15NO. The summed E-state index contributed by atoms with van der Waals surface area (Å²) in [6.45, 7) is 1.61. The Balaban J connectivity index is 1.74. The maximum atomic E-state index is 5.30. The van der Waals surface area contributed by atoms with Crippen molar-refractivity contribution in [3.05, 3.63) is 72.2 Å². The lowest BCUT2D eigenvalue weighted by Gasteiger charge is -2.07. The minimum atomic E-state index is 0.760. The molecule has 0 unspecified atom stereocenters. The Labute approximate surface area is 106 Å². The first-order chi connectivity index (χ1) is 8.93. The topological polar surface area (TPSA) is 25.2 Å². The van der Waals surface area contributed by atoms with E-state index >= 15 is 0 Å². The zero-order valence-electron chi connectivity index (χ0n) is 10.1. The number of furan rings is 1. The molecule has 2 nitrogen and oxygen atoms in total. The number of fused-ring (bicyclic) bond motifs is 1. The normalized spacial score (nSPS) is 10.9. The van der Waals surface area contributed by atoms with Gasteiger partial charge in [0.25, 0.3) is 0 Å². The zero-order valence-corrected chi connectivity index (χ0v) is 10.1. The van der Waals surface area contributed by atoms with Crippen molar-refractivity contribution in [3.63, 3.8) is 0 Å². The first-order valence-corrected chi connectivity index (χ1v) is 6.13. The van der Waals surface area contributed by atoms with Gasteiger partial charge in [-0.2, -0.15) is 0 Å². The van der Waals surface area contributed by atoms with Crippen LogP contribution < -0.4 is 5.32 Å². The van der Waals surface area contributed by atoms with Crippen LogP contribution in [-0.4, -0.2) is 0 Å². The Bertz CT molecular complexity index is 623. The Morgan fingerprint density at radius 1 is 0.833 bits per heavy atom. The molecule has 1 aromatic heterocycles. The zero-order chi connectivity index (χ0) is 12.2. The molecule has 0 radical (unpaired) electrons. The van der Waals surface area contributed by atoms with Crippen LogP contribution in [0.4, 0.5) is 0 Å². The molecule has 3 aromatic rings. The van der Waals surface area contributed by atoms with Gasteiger partial charge in [0.1, 0.15) is 5.76 Å². The molecule has 18 heavy (non-hydrogen) atoms. The van der Waals surface area contributed by atoms with Gasteiger partial charge in [-0.25, -0.2) is 0 Å². The molecule has 3 rings (SSSR count). The summed E-state index contributed by atoms with van der Waals surface area (Å²) in [6, 6.07) is 18.8. The summed E-state index contributed by atoms with van der Waals surface area (Å²) in [7, 11) is 0. The minimum Gasteiger partial charge on any atom is -0.468 e. The van der Waals surface area contributed by atoms with Gasteiger partial charge in [-0.3, -0.25) is 0 Å². The number of rotatable bonds is 4. The van der Waals surface area contributed by atoms with Crippen molar-refractivity contribution >= 4 is 10.8 Å². The van der Waals surface area contributed by atoms with Crippen LogP contribution in [0.15, 0.2) is 65.3 Å². The van der Waals surface area contributed by atoms with Crippen LogP contribution in [0.2, 0.25) is 0 Å². The van der Waals surface area contributed by atoms with Gasteiger partial charge in [-0.15, -0.1) is 0 Å². The summed E-state index contributed by atoms with van der Waals surface area (Å²) < 4.78 is 5.30. The molecule has 0 aliphatic rings. The van der Waals surface area contributed by atoms with Crippen molar-refractivity contribution in [2.75, 3.05) is 0 Å². The number of hydrogen-bond acceptors (Lipinski definition) is 2. The SMILES string of the molecule is c1coc(CNCc2cccc3ccccc23)c1. The van der Waals surface area contributed by atoms with E-state index in [-0.39, 0.29) is 0 Å². The quantitative estimate of drug-likeness (QED) is 0.748. The first kappa shape index (κ1) is 11.1. The van der Waals surface area contributed by atoms with E-state index < -0.39 is 0 Å². The van der Waals surface area contributed by atoms with Gasteiger partial charge < -0.3 is 9.73 Å². The van der Waals surface area contributed by atoms with Crippen molar-refractivity contribution in [2.45, 2.75) is 13.1 Å². The minimum absolute atomic E-state index is 0.760. The second kappa shape index (κ2) is 5.07. The summed E-state index contributed by atoms with van der Waals surface area (Å²) in [5, 5.41) is 6.00. The van der Waals surface area contributed by atoms with Gasteiger partial charge in [0.05, 0.1) is 12.8 Å². The molecule has 0 aliphatic carbocycles. The Hall–Kier alpha value is -2.06. The highest BCUT2D eigenvalue weighted by molar-refractivity contribution is 5.85. The highest BCUT2D eigenvalue weighted by atomic mass is 16.3. The smallest absolute Gasteiger partial charge is 0.117 e. The molecule has 0 saturated carbocycles. The van der Waals surface area contributed by atoms with Crippen LogP contribution in [0.5, 0.6) is 0 Å². The van der Waals surface area contributed by atoms with Crippen molar-refractivity contribution < 1.29 is 4.42 Å². The van der Waals surface area contributed by atoms with Crippen LogP contribution in [0.1, 0.15) is 11.3 Å². The van der Waals surface area contributed by atoms with E-state index in [0.29, 0.717) is 0 Å². The Morgan fingerprint density at radius 2 is 1.72 bits per heavy atom. The first-order valence-electron chi connectivity index (χ1n) is 6.13. The molecule has 90 valence electrons. The van der Waals surface area contributed by atoms with E-state index in [4.69, 9.17) is 4.42 Å². The number of benzene rings is 2. The fraction of sp³-hybridized carbons (Fsp3) is 0.125. The van der Waals surface area contributed by atoms with E-state index in [1.165, 1.54) is 16.3 Å². The lowest BCUT2D eigenvalue weighted by molar-refractivity contribution is 0.483. The predicted octanol–water partition coefficient (Wildman–Crippen LogP) is 3.72. The summed E-state index contributed by atoms with van der Waals surface area (Å²) in [6.07, 6.45) is 1.70. The Kier molecular flexibility index (Phi) is 3.11. The third kappa shape index (κ3) is 2.29. The fourth-order valence-corrected chi connectivity index (χ4v) is 2.18. The fourth-order valence-electron chi connectivity index (χ4n) is 2.18. The highest BCUT2D eigenvalue weighted by Crippen LogP contribution is 2.18. The van der Waals surface area contributed by atoms with E-state index in [1.54, 1.807) is 6.26 Å². The summed E-state index contributed by atoms with van der Waals surface area (Å²) in [5.41, 5.74) is 1.32. The van der Waals surface area contributed by atoms with Gasteiger partial charge >= 0.3 is 0 Å². The monoisotopic (exact) mass is 237 g/mol. The van der Waals surface area contributed by atoms with E-state index in [9.17, 15) is 0 Å². The molecule has 0 fully saturated rings. The van der Waals surface area contributed by atoms with Crippen LogP contribution in [0, 0.1) is 0 Å². The Morgan fingerprint density at radius 3 is 2.61 bits per heavy atom. The molecule has 0 spiro atoms. The lowest BCUT2D eigenvalue weighted by atomic mass is 10.0. The van der Waals surface area contributed by atoms with Gasteiger partial charge in [-0.1, -0.05) is 42.5 Å². The van der Waals surface area contributed by atoms with E-state index in [2.05, 4.69) is 47.8 Å². The molecule has 0 amide bonds. The molecule has 0 bridgehead atoms. The average molecular weight is 237 g/mol. The van der Waals surface area contributed by atoms with Gasteiger partial charge in [0.2, 0.25) is 0 Å². The summed E-state index contributed by atoms with van der Waals surface area (Å²) >= 11 is 0. The van der Waals surface area contributed by atoms with E-state index in [1.807, 2.05) is 12.1 Å². The average Bonchev–Trinajstić information content (AvgIpc) is 2.92. The molecule has 2 aromatic carbocycles. The standard InChI is InChI=1S/C16H15NO/c1-2-9-16-13(5-1)6-3-7-14(16)11-17-12-15-8-4-10-18-15/h1-10,17H,11-12H2. The predicted molar refractivity (Wildman–Crippen MR) is 73.2 cm³/mol. The maximum absolute atomic E-state index is 5.30. The van der Waals surface area contributed by atoms with Gasteiger partial charge in [0.15, 0.2) is 0 Å². The summed E-state index contributed by atoms with van der Waals surface area (Å²) in [4.78, 5) is 0. The second-order valence-electron chi connectivity index (χ2n) is 4.32. The molecule has 1 N–H and O–H groups in total. The number of hydrogen-bond donors (Lipinski definition) is 1. The molecular weight excluding hydrogens is 222 g/mol. The van der Waals surface area contributed by atoms with Crippen molar-refractivity contribution in [1.82, 2.24) is 5.32 Å². The molecule has 0 aliphatic heterocycles. The largest absolute Gasteiger partial charge is 0.468 e. The molecule has 0 saturated heterocycles. The van der Waals surface area contributed by atoms with Crippen LogP contribution in [0.25, 0.3) is 10.8 Å². The third-order valence-corrected chi connectivity index (χ3v) is 3.07. The van der Waals surface area contributed by atoms with Crippen LogP contribution >= 0.6 is 0 Å². The number of nitrogens with one attached hydrogen (secondary N) is 1. The molecule has 1 heterocycles. The summed E-state index contributed by atoms with van der Waals surface area (Å²) in [5.74, 6) is 0.968. The van der Waals surface area contributed by atoms with Crippen LogP contribution in [-0.2, 0) is 13.1 Å². The lowest BCUT2D eigenvalue weighted by Crippen LogP contribution is -2.12. The van der Waals surface area contributed by atoms with Gasteiger partial charge in [0, 0.05) is 6.54 Å². The second-order valence-corrected chi connectivity index (χ2v) is 4.32.